The van der Waals surface area contributed by atoms with E-state index in [1.54, 1.807) is 11.2 Å². The van der Waals surface area contributed by atoms with Crippen molar-refractivity contribution in [2.24, 2.45) is 0 Å². The van der Waals surface area contributed by atoms with Crippen LogP contribution in [-0.2, 0) is 23.0 Å². The number of fused-ring (bicyclic) bond motifs is 1. The van der Waals surface area contributed by atoms with Crippen molar-refractivity contribution < 1.29 is 8.42 Å². The highest BCUT2D eigenvalue weighted by Crippen LogP contribution is 2.32. The molecule has 4 rings (SSSR count). The number of sulfonamides is 1. The third-order valence-electron chi connectivity index (χ3n) is 6.09. The third kappa shape index (κ3) is 4.31. The monoisotopic (exact) mass is 414 g/mol. The van der Waals surface area contributed by atoms with Crippen LogP contribution in [0.25, 0.3) is 0 Å². The minimum Gasteiger partial charge on any atom is -0.352 e. The van der Waals surface area contributed by atoms with Crippen LogP contribution in [-0.4, -0.2) is 48.1 Å². The molecule has 1 aromatic carbocycles. The molecule has 2 aliphatic rings. The fraction of sp³-hybridized carbons (Fsp3) is 0.545. The van der Waals surface area contributed by atoms with Gasteiger partial charge in [-0.3, -0.25) is 0 Å². The standard InChI is InChI=1S/C22H30N4O2S/c1-3-29(27,28)26-14-7-11-19(16-26)21-23-17(2)20-12-8-13-25(22(20)24-21)15-18-9-5-4-6-10-18/h4-6,9-10,19H,3,7-8,11-16H2,1-2H3. The van der Waals surface area contributed by atoms with Gasteiger partial charge in [0.15, 0.2) is 0 Å². The number of benzene rings is 1. The first kappa shape index (κ1) is 20.3. The molecular formula is C22H30N4O2S. The van der Waals surface area contributed by atoms with Crippen molar-refractivity contribution in [3.05, 3.63) is 53.0 Å². The van der Waals surface area contributed by atoms with E-state index in [0.717, 1.165) is 56.1 Å². The highest BCUT2D eigenvalue weighted by Gasteiger charge is 2.31. The second-order valence-electron chi connectivity index (χ2n) is 8.08. The molecule has 0 radical (unpaired) electrons. The molecule has 2 aromatic rings. The topological polar surface area (TPSA) is 66.4 Å². The first-order valence-corrected chi connectivity index (χ1v) is 12.2. The van der Waals surface area contributed by atoms with Gasteiger partial charge in [0, 0.05) is 43.4 Å². The van der Waals surface area contributed by atoms with Gasteiger partial charge >= 0.3 is 0 Å². The van der Waals surface area contributed by atoms with Crippen molar-refractivity contribution in [2.45, 2.75) is 52.0 Å². The van der Waals surface area contributed by atoms with Crippen molar-refractivity contribution in [1.29, 1.82) is 0 Å². The fourth-order valence-electron chi connectivity index (χ4n) is 4.44. The zero-order chi connectivity index (χ0) is 20.4. The summed E-state index contributed by atoms with van der Waals surface area (Å²) in [6.45, 7) is 6.70. The zero-order valence-corrected chi connectivity index (χ0v) is 18.2. The van der Waals surface area contributed by atoms with E-state index < -0.39 is 10.0 Å². The summed E-state index contributed by atoms with van der Waals surface area (Å²) in [5.41, 5.74) is 3.55. The predicted molar refractivity (Wildman–Crippen MR) is 116 cm³/mol. The van der Waals surface area contributed by atoms with Crippen molar-refractivity contribution in [3.8, 4) is 0 Å². The van der Waals surface area contributed by atoms with Gasteiger partial charge in [-0.15, -0.1) is 0 Å². The van der Waals surface area contributed by atoms with Gasteiger partial charge in [0.05, 0.1) is 5.75 Å². The molecular weight excluding hydrogens is 384 g/mol. The molecule has 29 heavy (non-hydrogen) atoms. The smallest absolute Gasteiger partial charge is 0.213 e. The summed E-state index contributed by atoms with van der Waals surface area (Å²) in [7, 11) is -3.17. The van der Waals surface area contributed by atoms with E-state index in [0.29, 0.717) is 13.1 Å². The minimum atomic E-state index is -3.17. The number of hydrogen-bond acceptors (Lipinski definition) is 5. The van der Waals surface area contributed by atoms with Crippen LogP contribution < -0.4 is 4.90 Å². The molecule has 1 aromatic heterocycles. The van der Waals surface area contributed by atoms with Crippen LogP contribution in [0.3, 0.4) is 0 Å². The third-order valence-corrected chi connectivity index (χ3v) is 7.94. The molecule has 0 spiro atoms. The molecule has 1 saturated heterocycles. The van der Waals surface area contributed by atoms with Gasteiger partial charge < -0.3 is 4.90 Å². The van der Waals surface area contributed by atoms with E-state index in [-0.39, 0.29) is 11.7 Å². The largest absolute Gasteiger partial charge is 0.352 e. The lowest BCUT2D eigenvalue weighted by Crippen LogP contribution is -2.40. The Morgan fingerprint density at radius 2 is 1.90 bits per heavy atom. The predicted octanol–water partition coefficient (Wildman–Crippen LogP) is 3.27. The van der Waals surface area contributed by atoms with Crippen LogP contribution in [0.2, 0.25) is 0 Å². The highest BCUT2D eigenvalue weighted by atomic mass is 32.2. The van der Waals surface area contributed by atoms with E-state index in [1.165, 1.54) is 11.1 Å². The Hall–Kier alpha value is -1.99. The maximum absolute atomic E-state index is 12.4. The van der Waals surface area contributed by atoms with Crippen molar-refractivity contribution in [3.63, 3.8) is 0 Å². The molecule has 0 N–H and O–H groups in total. The lowest BCUT2D eigenvalue weighted by Gasteiger charge is -2.34. The number of rotatable bonds is 5. The van der Waals surface area contributed by atoms with E-state index in [1.807, 2.05) is 6.07 Å². The minimum absolute atomic E-state index is 0.0644. The van der Waals surface area contributed by atoms with Gasteiger partial charge in [0.25, 0.3) is 0 Å². The van der Waals surface area contributed by atoms with Gasteiger partial charge in [-0.05, 0) is 45.1 Å². The number of aryl methyl sites for hydroxylation is 1. The molecule has 6 nitrogen and oxygen atoms in total. The van der Waals surface area contributed by atoms with E-state index >= 15 is 0 Å². The van der Waals surface area contributed by atoms with Gasteiger partial charge in [0.1, 0.15) is 11.6 Å². The molecule has 1 atom stereocenters. The number of anilines is 1. The second kappa shape index (κ2) is 8.40. The van der Waals surface area contributed by atoms with Crippen LogP contribution in [0.4, 0.5) is 5.82 Å². The van der Waals surface area contributed by atoms with Gasteiger partial charge in [-0.1, -0.05) is 30.3 Å². The Labute approximate surface area is 174 Å². The summed E-state index contributed by atoms with van der Waals surface area (Å²) in [5, 5.41) is 0. The molecule has 0 saturated carbocycles. The normalized spacial score (nSPS) is 20.5. The molecule has 0 amide bonds. The lowest BCUT2D eigenvalue weighted by molar-refractivity contribution is 0.309. The van der Waals surface area contributed by atoms with Crippen molar-refractivity contribution in [1.82, 2.24) is 14.3 Å². The van der Waals surface area contributed by atoms with Gasteiger partial charge in [-0.2, -0.15) is 0 Å². The SMILES string of the molecule is CCS(=O)(=O)N1CCCC(c2nc(C)c3c(n2)N(Cc2ccccc2)CCC3)C1. The van der Waals surface area contributed by atoms with Crippen LogP contribution in [0.1, 0.15) is 54.7 Å². The molecule has 2 aliphatic heterocycles. The first-order chi connectivity index (χ1) is 14.0. The van der Waals surface area contributed by atoms with Crippen LogP contribution >= 0.6 is 0 Å². The van der Waals surface area contributed by atoms with E-state index in [2.05, 4.69) is 36.1 Å². The van der Waals surface area contributed by atoms with E-state index in [4.69, 9.17) is 9.97 Å². The van der Waals surface area contributed by atoms with E-state index in [9.17, 15) is 8.42 Å². The Morgan fingerprint density at radius 1 is 1.10 bits per heavy atom. The van der Waals surface area contributed by atoms with Crippen LogP contribution in [0.15, 0.2) is 30.3 Å². The summed E-state index contributed by atoms with van der Waals surface area (Å²) in [6, 6.07) is 10.5. The number of aromatic nitrogens is 2. The van der Waals surface area contributed by atoms with Gasteiger partial charge in [0.2, 0.25) is 10.0 Å². The summed E-state index contributed by atoms with van der Waals surface area (Å²) in [5.74, 6) is 2.05. The lowest BCUT2D eigenvalue weighted by atomic mass is 9.97. The Morgan fingerprint density at radius 3 is 2.66 bits per heavy atom. The molecule has 156 valence electrons. The number of piperidine rings is 1. The number of hydrogen-bond donors (Lipinski definition) is 0. The van der Waals surface area contributed by atoms with Crippen molar-refractivity contribution >= 4 is 15.8 Å². The molecule has 7 heteroatoms. The Bertz CT molecular complexity index is 962. The van der Waals surface area contributed by atoms with Gasteiger partial charge in [-0.25, -0.2) is 22.7 Å². The van der Waals surface area contributed by atoms with Crippen LogP contribution in [0.5, 0.6) is 0 Å². The van der Waals surface area contributed by atoms with Crippen LogP contribution in [0, 0.1) is 6.92 Å². The summed E-state index contributed by atoms with van der Waals surface area (Å²) in [6.07, 6.45) is 3.91. The molecule has 1 unspecified atom stereocenters. The average molecular weight is 415 g/mol. The fourth-order valence-corrected chi connectivity index (χ4v) is 5.62. The maximum Gasteiger partial charge on any atom is 0.213 e. The first-order valence-electron chi connectivity index (χ1n) is 10.6. The molecule has 3 heterocycles. The summed E-state index contributed by atoms with van der Waals surface area (Å²) < 4.78 is 26.4. The number of nitrogens with zero attached hydrogens (tertiary/aromatic N) is 4. The molecule has 0 aliphatic carbocycles. The quantitative estimate of drug-likeness (QED) is 0.751. The summed E-state index contributed by atoms with van der Waals surface area (Å²) in [4.78, 5) is 12.2. The zero-order valence-electron chi connectivity index (χ0n) is 17.3. The Balaban J connectivity index is 1.63. The maximum atomic E-state index is 12.4. The highest BCUT2D eigenvalue weighted by molar-refractivity contribution is 7.89. The molecule has 1 fully saturated rings. The Kier molecular flexibility index (Phi) is 5.88. The molecule has 0 bridgehead atoms. The second-order valence-corrected chi connectivity index (χ2v) is 10.3. The summed E-state index contributed by atoms with van der Waals surface area (Å²) >= 11 is 0. The van der Waals surface area contributed by atoms with Crippen molar-refractivity contribution in [2.75, 3.05) is 30.3 Å². The average Bonchev–Trinajstić information content (AvgIpc) is 2.75.